The number of alkyl halides is 4. The lowest BCUT2D eigenvalue weighted by Crippen LogP contribution is -2.32. The Morgan fingerprint density at radius 3 is 2.18 bits per heavy atom. The summed E-state index contributed by atoms with van der Waals surface area (Å²) in [6.07, 6.45) is -5.39. The maximum Gasteiger partial charge on any atom is 0.444 e. The summed E-state index contributed by atoms with van der Waals surface area (Å²) in [5.74, 6) is -1.70. The fraction of sp³-hybridized carbons (Fsp3) is 0.429. The SMILES string of the molecule is CC(C)OP(=O)(OC(C)C)C(Nc1cccc(OC(F)(F)C(F)Cl)c1)c1cccc([N+](=O)[O-])c1. The molecule has 2 atom stereocenters. The summed E-state index contributed by atoms with van der Waals surface area (Å²) in [5.41, 5.74) is -3.03. The van der Waals surface area contributed by atoms with E-state index < -0.39 is 48.0 Å². The van der Waals surface area contributed by atoms with Crippen LogP contribution in [0.25, 0.3) is 0 Å². The lowest BCUT2D eigenvalue weighted by molar-refractivity contribution is -0.384. The van der Waals surface area contributed by atoms with E-state index in [-0.39, 0.29) is 16.9 Å². The minimum Gasteiger partial charge on any atom is -0.429 e. The molecule has 0 aromatic heterocycles. The van der Waals surface area contributed by atoms with Crippen molar-refractivity contribution in [3.63, 3.8) is 0 Å². The zero-order valence-electron chi connectivity index (χ0n) is 18.8. The summed E-state index contributed by atoms with van der Waals surface area (Å²) in [6, 6.07) is 10.4. The quantitative estimate of drug-likeness (QED) is 0.135. The molecule has 0 saturated carbocycles. The van der Waals surface area contributed by atoms with E-state index in [9.17, 15) is 27.9 Å². The van der Waals surface area contributed by atoms with Crippen molar-refractivity contribution in [1.29, 1.82) is 0 Å². The van der Waals surface area contributed by atoms with E-state index in [1.165, 1.54) is 36.4 Å². The zero-order chi connectivity index (χ0) is 25.7. The lowest BCUT2D eigenvalue weighted by atomic mass is 10.2. The van der Waals surface area contributed by atoms with E-state index in [2.05, 4.69) is 10.1 Å². The molecule has 2 aromatic carbocycles. The Bertz CT molecular complexity index is 1030. The molecule has 0 aliphatic rings. The average Bonchev–Trinajstić information content (AvgIpc) is 2.70. The van der Waals surface area contributed by atoms with Crippen LogP contribution in [0.1, 0.15) is 39.0 Å². The molecule has 2 aromatic rings. The number of hydrogen-bond donors (Lipinski definition) is 1. The monoisotopic (exact) mass is 524 g/mol. The first-order valence-corrected chi connectivity index (χ1v) is 12.2. The minimum atomic E-state index is -4.30. The van der Waals surface area contributed by atoms with Crippen molar-refractivity contribution < 1.29 is 36.4 Å². The van der Waals surface area contributed by atoms with Gasteiger partial charge in [-0.25, -0.2) is 4.39 Å². The van der Waals surface area contributed by atoms with Gasteiger partial charge in [-0.1, -0.05) is 29.8 Å². The normalized spacial score (nSPS) is 14.2. The van der Waals surface area contributed by atoms with Crippen molar-refractivity contribution in [2.45, 2.75) is 57.4 Å². The fourth-order valence-corrected chi connectivity index (χ4v) is 5.24. The first-order valence-electron chi connectivity index (χ1n) is 10.2. The lowest BCUT2D eigenvalue weighted by Gasteiger charge is -2.31. The highest BCUT2D eigenvalue weighted by molar-refractivity contribution is 7.54. The van der Waals surface area contributed by atoms with Gasteiger partial charge in [0.2, 0.25) is 0 Å². The molecular formula is C21H25ClF3N2O6P. The van der Waals surface area contributed by atoms with Crippen LogP contribution in [0.3, 0.4) is 0 Å². The maximum atomic E-state index is 13.9. The van der Waals surface area contributed by atoms with Crippen LogP contribution in [0.2, 0.25) is 0 Å². The molecule has 0 spiro atoms. The summed E-state index contributed by atoms with van der Waals surface area (Å²) in [6.45, 7) is 6.54. The second-order valence-corrected chi connectivity index (χ2v) is 10.1. The van der Waals surface area contributed by atoms with Crippen molar-refractivity contribution in [1.82, 2.24) is 0 Å². The van der Waals surface area contributed by atoms with E-state index in [0.29, 0.717) is 0 Å². The van der Waals surface area contributed by atoms with Gasteiger partial charge in [-0.3, -0.25) is 14.7 Å². The van der Waals surface area contributed by atoms with Gasteiger partial charge in [0.1, 0.15) is 5.75 Å². The number of nitrogens with one attached hydrogen (secondary N) is 1. The second kappa shape index (κ2) is 11.4. The van der Waals surface area contributed by atoms with Gasteiger partial charge in [0.15, 0.2) is 5.78 Å². The Balaban J connectivity index is 2.55. The molecule has 0 amide bonds. The molecule has 13 heteroatoms. The molecule has 34 heavy (non-hydrogen) atoms. The summed E-state index contributed by atoms with van der Waals surface area (Å²) in [4.78, 5) is 10.7. The van der Waals surface area contributed by atoms with Gasteiger partial charge < -0.3 is 19.1 Å². The Hall–Kier alpha value is -2.33. The third-order valence-electron chi connectivity index (χ3n) is 4.07. The van der Waals surface area contributed by atoms with Crippen molar-refractivity contribution >= 4 is 30.6 Å². The van der Waals surface area contributed by atoms with Gasteiger partial charge in [0, 0.05) is 23.9 Å². The summed E-state index contributed by atoms with van der Waals surface area (Å²) >= 11 is 4.84. The van der Waals surface area contributed by atoms with Gasteiger partial charge in [-0.05, 0) is 45.4 Å². The van der Waals surface area contributed by atoms with Crippen LogP contribution in [0.15, 0.2) is 48.5 Å². The van der Waals surface area contributed by atoms with Gasteiger partial charge in [0.25, 0.3) is 11.3 Å². The standard InChI is InChI=1S/C21H25ClF3N2O6P/c1-13(2)32-34(30,33-14(3)4)19(15-7-5-9-17(11-15)27(28)29)26-16-8-6-10-18(12-16)31-21(24,25)20(22)23/h5-14,19-20,26H,1-4H3. The number of non-ortho nitro benzene ring substituents is 1. The summed E-state index contributed by atoms with van der Waals surface area (Å²) < 4.78 is 69.7. The molecule has 188 valence electrons. The van der Waals surface area contributed by atoms with E-state index in [0.717, 1.165) is 12.1 Å². The minimum absolute atomic E-state index is 0.120. The predicted molar refractivity (Wildman–Crippen MR) is 122 cm³/mol. The predicted octanol–water partition coefficient (Wildman–Crippen LogP) is 7.25. The number of benzene rings is 2. The molecule has 0 fully saturated rings. The first kappa shape index (κ1) is 27.9. The van der Waals surface area contributed by atoms with Crippen molar-refractivity contribution in [3.8, 4) is 5.75 Å². The highest BCUT2D eigenvalue weighted by Crippen LogP contribution is 2.62. The Morgan fingerprint density at radius 2 is 1.65 bits per heavy atom. The van der Waals surface area contributed by atoms with Crippen LogP contribution in [-0.4, -0.2) is 28.9 Å². The third kappa shape index (κ3) is 7.59. The van der Waals surface area contributed by atoms with Crippen LogP contribution in [0, 0.1) is 10.1 Å². The van der Waals surface area contributed by atoms with Gasteiger partial charge in [0.05, 0.1) is 17.1 Å². The van der Waals surface area contributed by atoms with Crippen LogP contribution < -0.4 is 10.1 Å². The summed E-state index contributed by atoms with van der Waals surface area (Å²) in [7, 11) is -4.05. The average molecular weight is 525 g/mol. The van der Waals surface area contributed by atoms with Crippen LogP contribution in [0.5, 0.6) is 5.75 Å². The Kier molecular flexibility index (Phi) is 9.36. The van der Waals surface area contributed by atoms with E-state index in [4.69, 9.17) is 20.6 Å². The molecule has 2 rings (SSSR count). The first-order chi connectivity index (χ1) is 15.7. The third-order valence-corrected chi connectivity index (χ3v) is 6.82. The topological polar surface area (TPSA) is 99.9 Å². The van der Waals surface area contributed by atoms with Crippen molar-refractivity contribution in [3.05, 3.63) is 64.2 Å². The molecule has 1 N–H and O–H groups in total. The number of rotatable bonds is 12. The van der Waals surface area contributed by atoms with Crippen LogP contribution >= 0.6 is 19.2 Å². The molecular weight excluding hydrogens is 500 g/mol. The van der Waals surface area contributed by atoms with Gasteiger partial charge in [-0.15, -0.1) is 0 Å². The van der Waals surface area contributed by atoms with Crippen molar-refractivity contribution in [2.24, 2.45) is 0 Å². The fourth-order valence-electron chi connectivity index (χ4n) is 2.90. The van der Waals surface area contributed by atoms with Crippen molar-refractivity contribution in [2.75, 3.05) is 5.32 Å². The number of nitro benzene ring substituents is 1. The zero-order valence-corrected chi connectivity index (χ0v) is 20.4. The van der Waals surface area contributed by atoms with Gasteiger partial charge >= 0.3 is 13.7 Å². The molecule has 2 unspecified atom stereocenters. The van der Waals surface area contributed by atoms with E-state index in [1.54, 1.807) is 27.7 Å². The smallest absolute Gasteiger partial charge is 0.429 e. The number of nitro groups is 1. The number of halogens is 4. The number of anilines is 1. The largest absolute Gasteiger partial charge is 0.444 e. The molecule has 0 saturated heterocycles. The van der Waals surface area contributed by atoms with Crippen LogP contribution in [0.4, 0.5) is 24.5 Å². The van der Waals surface area contributed by atoms with E-state index >= 15 is 0 Å². The molecule has 0 radical (unpaired) electrons. The summed E-state index contributed by atoms with van der Waals surface area (Å²) in [5, 5.41) is 14.2. The number of hydrogen-bond acceptors (Lipinski definition) is 7. The Labute approximate surface area is 200 Å². The van der Waals surface area contributed by atoms with E-state index in [1.807, 2.05) is 0 Å². The number of ether oxygens (including phenoxy) is 1. The van der Waals surface area contributed by atoms with Gasteiger partial charge in [-0.2, -0.15) is 8.78 Å². The molecule has 8 nitrogen and oxygen atoms in total. The Morgan fingerprint density at radius 1 is 1.06 bits per heavy atom. The molecule has 0 bridgehead atoms. The molecule has 0 aliphatic heterocycles. The molecule has 0 aliphatic carbocycles. The number of nitrogens with zero attached hydrogens (tertiary/aromatic N) is 1. The highest BCUT2D eigenvalue weighted by atomic mass is 35.5. The second-order valence-electron chi connectivity index (χ2n) is 7.74. The van der Waals surface area contributed by atoms with Crippen LogP contribution in [-0.2, 0) is 13.6 Å². The highest BCUT2D eigenvalue weighted by Gasteiger charge is 2.43. The molecule has 0 heterocycles. The maximum absolute atomic E-state index is 13.9.